The first-order valence-electron chi connectivity index (χ1n) is 12.3. The third-order valence-corrected chi connectivity index (χ3v) is 10.4. The van der Waals surface area contributed by atoms with Crippen LogP contribution in [-0.2, 0) is 14.8 Å². The van der Waals surface area contributed by atoms with Crippen LogP contribution in [-0.4, -0.2) is 112 Å². The van der Waals surface area contributed by atoms with Crippen LogP contribution < -0.4 is 20.9 Å². The minimum Gasteiger partial charge on any atom is -0.376 e. The summed E-state index contributed by atoms with van der Waals surface area (Å²) < 4.78 is 35.3. The van der Waals surface area contributed by atoms with Gasteiger partial charge in [-0.3, -0.25) is 15.8 Å². The number of likely N-dealkylation sites (N-methyl/N-ethyl adjacent to an activating group) is 1. The van der Waals surface area contributed by atoms with E-state index in [9.17, 15) is 8.42 Å². The zero-order valence-corrected chi connectivity index (χ0v) is 20.5. The van der Waals surface area contributed by atoms with Crippen molar-refractivity contribution in [3.8, 4) is 0 Å². The SMILES string of the molecule is COC1(C)CN(C2CCNC(N3CC(S(=O)(=O)NC4CCCC5CNN(C)C54)CN3)C2)C1. The summed E-state index contributed by atoms with van der Waals surface area (Å²) in [7, 11) is 0.429. The van der Waals surface area contributed by atoms with Gasteiger partial charge >= 0.3 is 0 Å². The Labute approximate surface area is 192 Å². The quantitative estimate of drug-likeness (QED) is 0.384. The molecule has 4 aliphatic heterocycles. The molecule has 0 aromatic heterocycles. The second-order valence-electron chi connectivity index (χ2n) is 10.8. The number of hydrogen-bond acceptors (Lipinski definition) is 9. The van der Waals surface area contributed by atoms with Gasteiger partial charge < -0.3 is 10.1 Å². The zero-order valence-electron chi connectivity index (χ0n) is 19.7. The number of nitrogens with zero attached hydrogens (tertiary/aromatic N) is 3. The first-order chi connectivity index (χ1) is 15.3. The minimum absolute atomic E-state index is 0.00787. The average Bonchev–Trinajstić information content (AvgIpc) is 3.40. The van der Waals surface area contributed by atoms with E-state index in [1.54, 1.807) is 7.11 Å². The Morgan fingerprint density at radius 1 is 1.12 bits per heavy atom. The molecule has 0 spiro atoms. The second-order valence-corrected chi connectivity index (χ2v) is 12.8. The highest BCUT2D eigenvalue weighted by Crippen LogP contribution is 2.32. The van der Waals surface area contributed by atoms with Crippen LogP contribution in [0.25, 0.3) is 0 Å². The Kier molecular flexibility index (Phi) is 6.58. The summed E-state index contributed by atoms with van der Waals surface area (Å²) in [6.45, 7) is 7.01. The number of hydrazine groups is 2. The van der Waals surface area contributed by atoms with Crippen molar-refractivity contribution in [1.82, 2.24) is 35.8 Å². The lowest BCUT2D eigenvalue weighted by Gasteiger charge is -2.52. The van der Waals surface area contributed by atoms with E-state index >= 15 is 0 Å². The highest BCUT2D eigenvalue weighted by Gasteiger charge is 2.46. The summed E-state index contributed by atoms with van der Waals surface area (Å²) in [5, 5.41) is 7.41. The monoisotopic (exact) mass is 471 g/mol. The van der Waals surface area contributed by atoms with Gasteiger partial charge in [-0.1, -0.05) is 6.42 Å². The van der Waals surface area contributed by atoms with Gasteiger partial charge in [0.05, 0.1) is 11.8 Å². The molecule has 6 atom stereocenters. The van der Waals surface area contributed by atoms with E-state index in [0.717, 1.165) is 51.9 Å². The standard InChI is InChI=1S/C21H41N7O3S/c1-21(31-3)13-27(14-21)16-7-8-22-19(9-16)28-12-17(11-24-28)32(29,30)25-18-6-4-5-15-10-23-26(2)20(15)18/h15-20,22-25H,4-14H2,1-3H3. The number of sulfonamides is 1. The molecule has 10 nitrogen and oxygen atoms in total. The third-order valence-electron chi connectivity index (χ3n) is 8.53. The molecule has 5 fully saturated rings. The fourth-order valence-corrected chi connectivity index (χ4v) is 8.06. The lowest BCUT2D eigenvalue weighted by molar-refractivity contribution is -0.134. The molecule has 0 amide bonds. The Morgan fingerprint density at radius 3 is 2.72 bits per heavy atom. The van der Waals surface area contributed by atoms with E-state index in [4.69, 9.17) is 4.74 Å². The number of methoxy groups -OCH3 is 1. The molecule has 184 valence electrons. The van der Waals surface area contributed by atoms with Crippen LogP contribution in [0.4, 0.5) is 0 Å². The van der Waals surface area contributed by atoms with E-state index in [1.807, 2.05) is 7.05 Å². The van der Waals surface area contributed by atoms with Gasteiger partial charge in [0, 0.05) is 65.0 Å². The molecule has 11 heteroatoms. The third kappa shape index (κ3) is 4.48. The van der Waals surface area contributed by atoms with Crippen LogP contribution in [0, 0.1) is 5.92 Å². The van der Waals surface area contributed by atoms with Crippen LogP contribution in [0.1, 0.15) is 39.0 Å². The van der Waals surface area contributed by atoms with E-state index in [0.29, 0.717) is 25.0 Å². The Bertz CT molecular complexity index is 775. The van der Waals surface area contributed by atoms with E-state index < -0.39 is 15.3 Å². The molecule has 5 rings (SSSR count). The van der Waals surface area contributed by atoms with Crippen molar-refractivity contribution < 1.29 is 13.2 Å². The van der Waals surface area contributed by atoms with Crippen LogP contribution >= 0.6 is 0 Å². The van der Waals surface area contributed by atoms with Gasteiger partial charge in [0.25, 0.3) is 0 Å². The molecule has 4 saturated heterocycles. The number of fused-ring (bicyclic) bond motifs is 1. The number of nitrogens with one attached hydrogen (secondary N) is 4. The second kappa shape index (κ2) is 9.01. The van der Waals surface area contributed by atoms with Crippen LogP contribution in [0.2, 0.25) is 0 Å². The van der Waals surface area contributed by atoms with Crippen LogP contribution in [0.15, 0.2) is 0 Å². The molecule has 0 radical (unpaired) electrons. The summed E-state index contributed by atoms with van der Waals surface area (Å²) in [6.07, 6.45) is 5.46. The molecule has 0 bridgehead atoms. The highest BCUT2D eigenvalue weighted by molar-refractivity contribution is 7.90. The van der Waals surface area contributed by atoms with Gasteiger partial charge in [0.1, 0.15) is 5.25 Å². The summed E-state index contributed by atoms with van der Waals surface area (Å²) in [5.74, 6) is 0.532. The zero-order chi connectivity index (χ0) is 22.5. The average molecular weight is 472 g/mol. The van der Waals surface area contributed by atoms with Crippen molar-refractivity contribution in [3.05, 3.63) is 0 Å². The number of likely N-dealkylation sites (tertiary alicyclic amines) is 1. The van der Waals surface area contributed by atoms with Crippen molar-refractivity contribution in [3.63, 3.8) is 0 Å². The maximum Gasteiger partial charge on any atom is 0.217 e. The van der Waals surface area contributed by atoms with Crippen LogP contribution in [0.3, 0.4) is 0 Å². The molecule has 5 aliphatic rings. The lowest BCUT2D eigenvalue weighted by atomic mass is 9.82. The number of rotatable bonds is 6. The highest BCUT2D eigenvalue weighted by atomic mass is 32.2. The molecule has 4 heterocycles. The van der Waals surface area contributed by atoms with Gasteiger partial charge in [0.2, 0.25) is 10.0 Å². The van der Waals surface area contributed by atoms with E-state index in [1.165, 1.54) is 6.42 Å². The lowest BCUT2D eigenvalue weighted by Crippen LogP contribution is -2.67. The summed E-state index contributed by atoms with van der Waals surface area (Å²) in [6, 6.07) is 0.759. The van der Waals surface area contributed by atoms with Crippen molar-refractivity contribution in [1.29, 1.82) is 0 Å². The largest absolute Gasteiger partial charge is 0.376 e. The maximum atomic E-state index is 13.3. The molecular weight excluding hydrogens is 430 g/mol. The Morgan fingerprint density at radius 2 is 1.94 bits per heavy atom. The topological polar surface area (TPSA) is 101 Å². The number of piperidine rings is 1. The minimum atomic E-state index is -3.40. The van der Waals surface area contributed by atoms with Gasteiger partial charge in [-0.2, -0.15) is 0 Å². The number of ether oxygens (including phenoxy) is 1. The normalized spacial score (nSPS) is 41.5. The summed E-state index contributed by atoms with van der Waals surface area (Å²) in [4.78, 5) is 2.51. The molecule has 4 N–H and O–H groups in total. The van der Waals surface area contributed by atoms with Gasteiger partial charge in [-0.15, -0.1) is 0 Å². The molecule has 32 heavy (non-hydrogen) atoms. The van der Waals surface area contributed by atoms with Crippen molar-refractivity contribution in [2.24, 2.45) is 5.92 Å². The number of hydrogen-bond donors (Lipinski definition) is 4. The van der Waals surface area contributed by atoms with Crippen molar-refractivity contribution >= 4 is 10.0 Å². The molecule has 1 aliphatic carbocycles. The van der Waals surface area contributed by atoms with Crippen LogP contribution in [0.5, 0.6) is 0 Å². The van der Waals surface area contributed by atoms with E-state index in [2.05, 4.69) is 42.7 Å². The molecule has 1 saturated carbocycles. The predicted molar refractivity (Wildman–Crippen MR) is 123 cm³/mol. The van der Waals surface area contributed by atoms with Gasteiger partial charge in [-0.05, 0) is 45.1 Å². The maximum absolute atomic E-state index is 13.3. The van der Waals surface area contributed by atoms with Crippen molar-refractivity contribution in [2.75, 3.05) is 53.4 Å². The first kappa shape index (κ1) is 23.4. The molecule has 0 aromatic carbocycles. The molecule has 0 aromatic rings. The van der Waals surface area contributed by atoms with E-state index in [-0.39, 0.29) is 23.9 Å². The van der Waals surface area contributed by atoms with Crippen molar-refractivity contribution in [2.45, 2.75) is 74.2 Å². The summed E-state index contributed by atoms with van der Waals surface area (Å²) >= 11 is 0. The first-order valence-corrected chi connectivity index (χ1v) is 13.8. The van der Waals surface area contributed by atoms with Gasteiger partial charge in [-0.25, -0.2) is 23.2 Å². The Balaban J connectivity index is 1.16. The fourth-order valence-electron chi connectivity index (χ4n) is 6.54. The predicted octanol–water partition coefficient (Wildman–Crippen LogP) is -1.12. The Hall–Kier alpha value is -0.370. The molecule has 6 unspecified atom stereocenters. The smallest absolute Gasteiger partial charge is 0.217 e. The fraction of sp³-hybridized carbons (Fsp3) is 1.00. The molecular formula is C21H41N7O3S. The summed E-state index contributed by atoms with van der Waals surface area (Å²) in [5.41, 5.74) is 6.75. The van der Waals surface area contributed by atoms with Gasteiger partial charge in [0.15, 0.2) is 0 Å².